The average molecular weight is 437 g/mol. The fraction of sp³-hybridized carbons (Fsp3) is 0.762. The Morgan fingerprint density at radius 3 is 2.71 bits per heavy atom. The summed E-state index contributed by atoms with van der Waals surface area (Å²) >= 11 is -2.24. The summed E-state index contributed by atoms with van der Waals surface area (Å²) in [6, 6.07) is 0. The van der Waals surface area contributed by atoms with E-state index in [1.807, 2.05) is 0 Å². The summed E-state index contributed by atoms with van der Waals surface area (Å²) in [6.45, 7) is 0.977. The molecule has 3 aliphatic rings. The molecule has 3 rings (SSSR count). The molecule has 1 saturated heterocycles. The third kappa shape index (κ3) is 4.54. The molecule has 2 nitrogen and oxygen atoms in total. The Morgan fingerprint density at radius 2 is 2.00 bits per heavy atom. The molecule has 2 fully saturated rings. The van der Waals surface area contributed by atoms with Crippen LogP contribution in [0.25, 0.3) is 0 Å². The Bertz CT molecular complexity index is 533. The van der Waals surface area contributed by atoms with Crippen LogP contribution in [0.15, 0.2) is 20.8 Å². The molecule has 2 atom stereocenters. The second-order valence-corrected chi connectivity index (χ2v) is 23.3. The summed E-state index contributed by atoms with van der Waals surface area (Å²) in [5.41, 5.74) is 3.18. The zero-order valence-electron chi connectivity index (χ0n) is 15.8. The van der Waals surface area contributed by atoms with Crippen LogP contribution in [0, 0.1) is 5.92 Å². The molecule has 3 heteroatoms. The third-order valence-electron chi connectivity index (χ3n) is 5.89. The number of allylic oxidation sites excluding steroid dienone is 4. The summed E-state index contributed by atoms with van der Waals surface area (Å²) in [4.78, 5) is 19.5. The van der Waals surface area contributed by atoms with Crippen molar-refractivity contribution in [2.45, 2.75) is 85.1 Å². The molecular weight excluding hydrogens is 403 g/mol. The summed E-state index contributed by atoms with van der Waals surface area (Å²) < 4.78 is 7.17. The van der Waals surface area contributed by atoms with Gasteiger partial charge in [-0.25, -0.2) is 0 Å². The third-order valence-corrected chi connectivity index (χ3v) is 11.9. The standard InChI is InChI=1S/C18H25O2.3CH3.Sn/c19-17-12-15-10-14(11-16(15)13-17)6-2-1-3-7-18-8-4-5-9-20-18;;;;/h6,15,18H,1-5,7-12H2;3*1H3;/b14-6+;;;;. The quantitative estimate of drug-likeness (QED) is 0.307. The van der Waals surface area contributed by atoms with Crippen molar-refractivity contribution in [2.24, 2.45) is 5.92 Å². The molecule has 0 aromatic heterocycles. The van der Waals surface area contributed by atoms with Crippen molar-refractivity contribution in [1.29, 1.82) is 0 Å². The van der Waals surface area contributed by atoms with E-state index in [4.69, 9.17) is 4.74 Å². The Morgan fingerprint density at radius 1 is 1.17 bits per heavy atom. The number of rotatable bonds is 6. The number of hydrogen-bond acceptors (Lipinski definition) is 2. The van der Waals surface area contributed by atoms with Crippen molar-refractivity contribution in [2.75, 3.05) is 6.61 Å². The number of carbonyl (C=O) groups is 1. The first kappa shape index (κ1) is 18.7. The minimum absolute atomic E-state index is 0.504. The maximum atomic E-state index is 12.4. The van der Waals surface area contributed by atoms with Gasteiger partial charge in [0.15, 0.2) is 0 Å². The van der Waals surface area contributed by atoms with Crippen molar-refractivity contribution in [3.8, 4) is 0 Å². The number of carbonyl (C=O) groups excluding carboxylic acids is 1. The van der Waals surface area contributed by atoms with Gasteiger partial charge < -0.3 is 0 Å². The fourth-order valence-corrected chi connectivity index (χ4v) is 11.1. The Kier molecular flexibility index (Phi) is 6.29. The molecule has 0 aromatic carbocycles. The first-order valence-electron chi connectivity index (χ1n) is 10.0. The molecule has 0 N–H and O–H groups in total. The molecule has 2 unspecified atom stereocenters. The van der Waals surface area contributed by atoms with Gasteiger partial charge in [0, 0.05) is 0 Å². The molecule has 1 heterocycles. The van der Waals surface area contributed by atoms with E-state index in [-0.39, 0.29) is 0 Å². The van der Waals surface area contributed by atoms with Gasteiger partial charge >= 0.3 is 146 Å². The van der Waals surface area contributed by atoms with Gasteiger partial charge in [0.1, 0.15) is 0 Å². The molecule has 0 amide bonds. The van der Waals surface area contributed by atoms with Gasteiger partial charge in [0.2, 0.25) is 0 Å². The van der Waals surface area contributed by atoms with Gasteiger partial charge in [-0.15, -0.1) is 0 Å². The minimum atomic E-state index is -2.24. The molecule has 0 bridgehead atoms. The van der Waals surface area contributed by atoms with Gasteiger partial charge in [-0.05, 0) is 6.42 Å². The van der Waals surface area contributed by atoms with Gasteiger partial charge in [0.05, 0.1) is 0 Å². The summed E-state index contributed by atoms with van der Waals surface area (Å²) in [5.74, 6) is 1.08. The van der Waals surface area contributed by atoms with Crippen LogP contribution in [-0.4, -0.2) is 36.9 Å². The van der Waals surface area contributed by atoms with Gasteiger partial charge in [-0.2, -0.15) is 0 Å². The number of fused-ring (bicyclic) bond motifs is 1. The van der Waals surface area contributed by atoms with E-state index in [2.05, 4.69) is 20.9 Å². The molecule has 1 aliphatic heterocycles. The van der Waals surface area contributed by atoms with Crippen molar-refractivity contribution < 1.29 is 9.53 Å². The molecule has 0 radical (unpaired) electrons. The van der Waals surface area contributed by atoms with Crippen LogP contribution in [0.5, 0.6) is 0 Å². The van der Waals surface area contributed by atoms with Gasteiger partial charge in [-0.1, -0.05) is 0 Å². The number of unbranched alkanes of at least 4 members (excludes halogenated alkanes) is 2. The van der Waals surface area contributed by atoms with Crippen molar-refractivity contribution in [3.63, 3.8) is 0 Å². The maximum absolute atomic E-state index is 12.4. The van der Waals surface area contributed by atoms with Crippen LogP contribution >= 0.6 is 0 Å². The predicted octanol–water partition coefficient (Wildman–Crippen LogP) is 5.60. The summed E-state index contributed by atoms with van der Waals surface area (Å²) in [5, 5.41) is 0. The van der Waals surface area contributed by atoms with E-state index in [9.17, 15) is 4.79 Å². The molecule has 134 valence electrons. The van der Waals surface area contributed by atoms with Crippen LogP contribution in [0.1, 0.15) is 64.2 Å². The second kappa shape index (κ2) is 8.07. The van der Waals surface area contributed by atoms with Crippen LogP contribution < -0.4 is 0 Å². The van der Waals surface area contributed by atoms with E-state index >= 15 is 0 Å². The van der Waals surface area contributed by atoms with E-state index in [0.717, 1.165) is 25.9 Å². The van der Waals surface area contributed by atoms with E-state index in [1.54, 1.807) is 11.1 Å². The van der Waals surface area contributed by atoms with Crippen molar-refractivity contribution in [1.82, 2.24) is 0 Å². The summed E-state index contributed by atoms with van der Waals surface area (Å²) in [6.07, 6.45) is 15.0. The van der Waals surface area contributed by atoms with E-state index in [0.29, 0.717) is 17.8 Å². The fourth-order valence-electron chi connectivity index (χ4n) is 4.81. The average Bonchev–Trinajstić information content (AvgIpc) is 3.02. The molecular formula is C21H34O2Sn. The Hall–Kier alpha value is -0.0913. The van der Waals surface area contributed by atoms with E-state index < -0.39 is 18.4 Å². The first-order valence-corrected chi connectivity index (χ1v) is 20.0. The van der Waals surface area contributed by atoms with Crippen LogP contribution in [0.2, 0.25) is 14.8 Å². The molecule has 24 heavy (non-hydrogen) atoms. The SMILES string of the molecule is [CH3][Sn]([CH3])([CH3])[C]1=C2C/C(=C/CCCCC3CCCCO3)CC2CC1=O. The molecule has 0 spiro atoms. The monoisotopic (exact) mass is 438 g/mol. The Balaban J connectivity index is 1.46. The molecule has 0 aromatic rings. The zero-order chi connectivity index (χ0) is 17.2. The van der Waals surface area contributed by atoms with Crippen LogP contribution in [0.4, 0.5) is 0 Å². The molecule has 2 aliphatic carbocycles. The Labute approximate surface area is 152 Å². The zero-order valence-corrected chi connectivity index (χ0v) is 18.7. The number of ether oxygens (including phenoxy) is 1. The predicted molar refractivity (Wildman–Crippen MR) is 103 cm³/mol. The van der Waals surface area contributed by atoms with E-state index in [1.165, 1.54) is 48.5 Å². The van der Waals surface area contributed by atoms with Gasteiger partial charge in [0.25, 0.3) is 0 Å². The number of ketones is 1. The number of Topliss-reactive ketones (excluding diaryl/α,β-unsaturated/α-hetero) is 1. The first-order chi connectivity index (χ1) is 11.4. The van der Waals surface area contributed by atoms with Gasteiger partial charge in [-0.3, -0.25) is 0 Å². The topological polar surface area (TPSA) is 26.3 Å². The van der Waals surface area contributed by atoms with Crippen LogP contribution in [0.3, 0.4) is 0 Å². The summed E-state index contributed by atoms with van der Waals surface area (Å²) in [7, 11) is 0. The normalized spacial score (nSPS) is 29.6. The second-order valence-electron chi connectivity index (χ2n) is 8.99. The van der Waals surface area contributed by atoms with Crippen LogP contribution in [-0.2, 0) is 9.53 Å². The van der Waals surface area contributed by atoms with Crippen molar-refractivity contribution >= 4 is 24.2 Å². The number of hydrogen-bond donors (Lipinski definition) is 0. The molecule has 1 saturated carbocycles. The van der Waals surface area contributed by atoms with Crippen molar-refractivity contribution in [3.05, 3.63) is 20.8 Å².